The second kappa shape index (κ2) is 7.41. The van der Waals surface area contributed by atoms with Crippen LogP contribution in [0.15, 0.2) is 11.1 Å². The molecule has 0 aromatic heterocycles. The van der Waals surface area contributed by atoms with Crippen LogP contribution in [0.4, 0.5) is 0 Å². The van der Waals surface area contributed by atoms with E-state index in [9.17, 15) is 4.79 Å². The number of carbonyl (C=O) groups excluding carboxylic acids is 1. The zero-order valence-corrected chi connectivity index (χ0v) is 24.7. The smallest absolute Gasteiger partial charge is 0.302 e. The molecule has 198 valence electrons. The summed E-state index contributed by atoms with van der Waals surface area (Å²) in [5.41, 5.74) is 5.92. The molecule has 0 heterocycles. The summed E-state index contributed by atoms with van der Waals surface area (Å²) >= 11 is 0. The molecule has 0 spiro atoms. The number of carbonyl (C=O) groups is 1. The molecule has 0 aliphatic heterocycles. The van der Waals surface area contributed by atoms with Gasteiger partial charge in [0, 0.05) is 12.3 Å². The first kappa shape index (κ1) is 25.8. The van der Waals surface area contributed by atoms with Crippen LogP contribution in [0.2, 0.25) is 0 Å². The number of esters is 1. The van der Waals surface area contributed by atoms with Crippen LogP contribution in [0.1, 0.15) is 140 Å². The largest absolute Gasteiger partial charge is 0.462 e. The fraction of sp³-hybridized carbons (Fsp3) is 0.909. The molecule has 7 atom stereocenters. The maximum atomic E-state index is 11.9. The lowest BCUT2D eigenvalue weighted by Crippen LogP contribution is -2.69. The van der Waals surface area contributed by atoms with Crippen LogP contribution < -0.4 is 0 Å². The predicted octanol–water partition coefficient (Wildman–Crippen LogP) is 9.27. The quantitative estimate of drug-likeness (QED) is 0.275. The number of ether oxygens (including phenoxy) is 1. The van der Waals surface area contributed by atoms with Crippen molar-refractivity contribution in [1.29, 1.82) is 0 Å². The van der Waals surface area contributed by atoms with E-state index >= 15 is 0 Å². The Labute approximate surface area is 216 Å². The Morgan fingerprint density at radius 3 is 2.06 bits per heavy atom. The van der Waals surface area contributed by atoms with Crippen molar-refractivity contribution in [2.75, 3.05) is 0 Å². The average Bonchev–Trinajstić information content (AvgIpc) is 2.74. The average molecular weight is 483 g/mol. The highest BCUT2D eigenvalue weighted by molar-refractivity contribution is 5.66. The molecular formula is C33H54O2. The molecule has 4 fully saturated rings. The standard InChI is InChI=1S/C33H54O2/c1-22(34)35-26-13-14-31(8)25(28(26,4)5)12-16-32(9)30(7)20-19-29(6)18-17-27(2,3)21-24(29)23(30)11-15-33(31,32)10/h25-26H,11-21H2,1-10H3/t25-,26-,29+,30+,31-,32-,33+/m0/s1. The van der Waals surface area contributed by atoms with Gasteiger partial charge in [0.25, 0.3) is 0 Å². The first-order valence-corrected chi connectivity index (χ1v) is 14.9. The van der Waals surface area contributed by atoms with Gasteiger partial charge in [-0.2, -0.15) is 0 Å². The van der Waals surface area contributed by atoms with Gasteiger partial charge in [-0.25, -0.2) is 0 Å². The normalized spacial score (nSPS) is 50.3. The van der Waals surface area contributed by atoms with Gasteiger partial charge in [-0.3, -0.25) is 4.79 Å². The minimum Gasteiger partial charge on any atom is -0.462 e. The molecule has 0 N–H and O–H groups in total. The Bertz CT molecular complexity index is 956. The molecule has 5 rings (SSSR count). The van der Waals surface area contributed by atoms with Gasteiger partial charge in [0.2, 0.25) is 0 Å². The van der Waals surface area contributed by atoms with E-state index in [0.717, 1.165) is 6.42 Å². The highest BCUT2D eigenvalue weighted by atomic mass is 16.5. The van der Waals surface area contributed by atoms with E-state index in [-0.39, 0.29) is 22.9 Å². The van der Waals surface area contributed by atoms with Crippen molar-refractivity contribution in [3.8, 4) is 0 Å². The van der Waals surface area contributed by atoms with Crippen LogP contribution in [-0.2, 0) is 9.53 Å². The minimum atomic E-state index is -0.111. The van der Waals surface area contributed by atoms with Crippen LogP contribution in [0.5, 0.6) is 0 Å². The SMILES string of the molecule is CC(=O)O[C@H]1CC[C@@]2(C)[C@@H](CC[C@]3(C)[C@]2(C)CCC2=C4CC(C)(C)CC[C@]4(C)CC[C@]23C)C1(C)C. The molecule has 2 nitrogen and oxygen atoms in total. The molecule has 5 aliphatic carbocycles. The van der Waals surface area contributed by atoms with Crippen molar-refractivity contribution in [1.82, 2.24) is 0 Å². The van der Waals surface area contributed by atoms with Crippen LogP contribution in [0, 0.1) is 43.8 Å². The number of hydrogen-bond donors (Lipinski definition) is 0. The Kier molecular flexibility index (Phi) is 5.47. The van der Waals surface area contributed by atoms with Crippen molar-refractivity contribution in [3.63, 3.8) is 0 Å². The van der Waals surface area contributed by atoms with Crippen LogP contribution in [-0.4, -0.2) is 12.1 Å². The van der Waals surface area contributed by atoms with E-state index in [1.807, 2.05) is 11.1 Å². The van der Waals surface area contributed by atoms with Crippen molar-refractivity contribution >= 4 is 5.97 Å². The molecule has 0 unspecified atom stereocenters. The van der Waals surface area contributed by atoms with Gasteiger partial charge in [0.05, 0.1) is 0 Å². The van der Waals surface area contributed by atoms with Gasteiger partial charge in [-0.15, -0.1) is 0 Å². The van der Waals surface area contributed by atoms with Crippen molar-refractivity contribution < 1.29 is 9.53 Å². The topological polar surface area (TPSA) is 26.3 Å². The highest BCUT2D eigenvalue weighted by Gasteiger charge is 2.72. The van der Waals surface area contributed by atoms with Gasteiger partial charge in [-0.1, -0.05) is 73.5 Å². The second-order valence-electron chi connectivity index (χ2n) is 16.3. The van der Waals surface area contributed by atoms with Gasteiger partial charge in [-0.05, 0) is 109 Å². The summed E-state index contributed by atoms with van der Waals surface area (Å²) in [7, 11) is 0. The molecular weight excluding hydrogens is 428 g/mol. The van der Waals surface area contributed by atoms with Crippen molar-refractivity contribution in [2.45, 2.75) is 146 Å². The first-order chi connectivity index (χ1) is 16.0. The number of hydrogen-bond acceptors (Lipinski definition) is 2. The lowest BCUT2D eigenvalue weighted by molar-refractivity contribution is -0.255. The zero-order valence-electron chi connectivity index (χ0n) is 24.7. The molecule has 5 aliphatic rings. The summed E-state index contributed by atoms with van der Waals surface area (Å²) in [6.45, 7) is 24.8. The summed E-state index contributed by atoms with van der Waals surface area (Å²) in [4.78, 5) is 11.9. The van der Waals surface area contributed by atoms with Gasteiger partial charge in [0.15, 0.2) is 0 Å². The zero-order chi connectivity index (χ0) is 25.9. The third-order valence-corrected chi connectivity index (χ3v) is 14.2. The van der Waals surface area contributed by atoms with E-state index in [1.54, 1.807) is 6.92 Å². The maximum Gasteiger partial charge on any atom is 0.302 e. The second-order valence-corrected chi connectivity index (χ2v) is 16.3. The summed E-state index contributed by atoms with van der Waals surface area (Å²) in [6, 6.07) is 0. The monoisotopic (exact) mass is 482 g/mol. The van der Waals surface area contributed by atoms with Crippen molar-refractivity contribution in [2.24, 2.45) is 43.8 Å². The van der Waals surface area contributed by atoms with Crippen molar-refractivity contribution in [3.05, 3.63) is 11.1 Å². The van der Waals surface area contributed by atoms with Crippen LogP contribution >= 0.6 is 0 Å². The molecule has 0 radical (unpaired) electrons. The highest BCUT2D eigenvalue weighted by Crippen LogP contribution is 2.80. The summed E-state index contributed by atoms with van der Waals surface area (Å²) in [5.74, 6) is 0.493. The minimum absolute atomic E-state index is 0.0290. The number of allylic oxidation sites excluding steroid dienone is 2. The Morgan fingerprint density at radius 1 is 0.743 bits per heavy atom. The molecule has 35 heavy (non-hydrogen) atoms. The van der Waals surface area contributed by atoms with Crippen LogP contribution in [0.25, 0.3) is 0 Å². The van der Waals surface area contributed by atoms with Gasteiger partial charge >= 0.3 is 5.97 Å². The first-order valence-electron chi connectivity index (χ1n) is 14.9. The maximum absolute atomic E-state index is 11.9. The third kappa shape index (κ3) is 3.16. The fourth-order valence-electron chi connectivity index (χ4n) is 11.3. The Balaban J connectivity index is 1.59. The Morgan fingerprint density at radius 2 is 1.40 bits per heavy atom. The van der Waals surface area contributed by atoms with E-state index in [0.29, 0.717) is 33.0 Å². The third-order valence-electron chi connectivity index (χ3n) is 14.2. The summed E-state index contributed by atoms with van der Waals surface area (Å²) < 4.78 is 5.94. The van der Waals surface area contributed by atoms with E-state index in [2.05, 4.69) is 62.3 Å². The van der Waals surface area contributed by atoms with E-state index < -0.39 is 0 Å². The summed E-state index contributed by atoms with van der Waals surface area (Å²) in [6.07, 6.45) is 14.3. The van der Waals surface area contributed by atoms with Gasteiger partial charge < -0.3 is 4.74 Å². The molecule has 0 amide bonds. The lowest BCUT2D eigenvalue weighted by atomic mass is 9.29. The van der Waals surface area contributed by atoms with E-state index in [4.69, 9.17) is 4.74 Å². The number of fused-ring (bicyclic) bond motifs is 6. The molecule has 2 heteroatoms. The predicted molar refractivity (Wildman–Crippen MR) is 145 cm³/mol. The number of rotatable bonds is 1. The molecule has 0 bridgehead atoms. The molecule has 0 aromatic carbocycles. The van der Waals surface area contributed by atoms with Gasteiger partial charge in [0.1, 0.15) is 6.10 Å². The fourth-order valence-corrected chi connectivity index (χ4v) is 11.3. The van der Waals surface area contributed by atoms with Crippen LogP contribution in [0.3, 0.4) is 0 Å². The molecule has 4 saturated carbocycles. The lowest BCUT2D eigenvalue weighted by Gasteiger charge is -2.75. The summed E-state index contributed by atoms with van der Waals surface area (Å²) in [5, 5.41) is 0. The van der Waals surface area contributed by atoms with E-state index in [1.165, 1.54) is 64.2 Å². The Hall–Kier alpha value is -0.790. The molecule has 0 aromatic rings. The molecule has 0 saturated heterocycles.